The third-order valence-electron chi connectivity index (χ3n) is 4.64. The van der Waals surface area contributed by atoms with Gasteiger partial charge in [0.25, 0.3) is 5.91 Å². The van der Waals surface area contributed by atoms with Crippen molar-refractivity contribution in [3.05, 3.63) is 88.7 Å². The van der Waals surface area contributed by atoms with E-state index in [4.69, 9.17) is 0 Å². The van der Waals surface area contributed by atoms with Crippen LogP contribution >= 0.6 is 0 Å². The third kappa shape index (κ3) is 2.84. The Morgan fingerprint density at radius 3 is 2.31 bits per heavy atom. The highest BCUT2D eigenvalue weighted by atomic mass is 16.2. The minimum absolute atomic E-state index is 0.0289. The van der Waals surface area contributed by atoms with Crippen LogP contribution in [0.3, 0.4) is 0 Å². The molecule has 0 saturated heterocycles. The Labute approximate surface area is 153 Å². The van der Waals surface area contributed by atoms with Crippen LogP contribution in [0.15, 0.2) is 60.8 Å². The van der Waals surface area contributed by atoms with E-state index in [-0.39, 0.29) is 12.1 Å². The number of hydrogen-bond acceptors (Lipinski definition) is 3. The zero-order chi connectivity index (χ0) is 18.3. The predicted octanol–water partition coefficient (Wildman–Crippen LogP) is 4.78. The van der Waals surface area contributed by atoms with Gasteiger partial charge in [-0.3, -0.25) is 14.7 Å². The van der Waals surface area contributed by atoms with Crippen molar-refractivity contribution in [1.29, 1.82) is 0 Å². The average molecular weight is 343 g/mol. The summed E-state index contributed by atoms with van der Waals surface area (Å²) in [6.45, 7) is 6.18. The van der Waals surface area contributed by atoms with Crippen LogP contribution in [0.5, 0.6) is 0 Å². The van der Waals surface area contributed by atoms with E-state index in [1.54, 1.807) is 11.1 Å². The van der Waals surface area contributed by atoms with Crippen molar-refractivity contribution < 1.29 is 4.79 Å². The highest BCUT2D eigenvalue weighted by molar-refractivity contribution is 6.11. The van der Waals surface area contributed by atoms with Crippen LogP contribution in [0.1, 0.15) is 38.9 Å². The fourth-order valence-electron chi connectivity index (χ4n) is 3.51. The molecule has 4 heteroatoms. The van der Waals surface area contributed by atoms with E-state index >= 15 is 0 Å². The van der Waals surface area contributed by atoms with Gasteiger partial charge in [-0.2, -0.15) is 0 Å². The molecule has 130 valence electrons. The van der Waals surface area contributed by atoms with Gasteiger partial charge in [0.1, 0.15) is 0 Å². The summed E-state index contributed by atoms with van der Waals surface area (Å²) >= 11 is 0. The van der Waals surface area contributed by atoms with E-state index in [9.17, 15) is 4.79 Å². The second-order valence-electron chi connectivity index (χ2n) is 6.87. The molecule has 1 atom stereocenters. The standard InChI is InChI=1S/C22H21N3O/c1-14-6-8-18(9-7-14)25-21(20-19(22(25)26)5-4-10-23-20)24-17-12-15(2)11-16(3)13-17/h4-13,21,24H,1-3H3/t21-/m1/s1. The second-order valence-corrected chi connectivity index (χ2v) is 6.87. The van der Waals surface area contributed by atoms with Crippen molar-refractivity contribution in [2.45, 2.75) is 26.9 Å². The molecule has 2 aromatic carbocycles. The molecule has 1 aliphatic heterocycles. The van der Waals surface area contributed by atoms with Crippen molar-refractivity contribution >= 4 is 17.3 Å². The molecule has 1 aliphatic rings. The number of rotatable bonds is 3. The number of carbonyl (C=O) groups is 1. The third-order valence-corrected chi connectivity index (χ3v) is 4.64. The number of amides is 1. The molecule has 26 heavy (non-hydrogen) atoms. The molecule has 0 saturated carbocycles. The molecule has 0 aliphatic carbocycles. The van der Waals surface area contributed by atoms with E-state index in [0.29, 0.717) is 5.56 Å². The summed E-state index contributed by atoms with van der Waals surface area (Å²) in [4.78, 5) is 19.3. The van der Waals surface area contributed by atoms with Gasteiger partial charge in [0.2, 0.25) is 0 Å². The van der Waals surface area contributed by atoms with Crippen molar-refractivity contribution in [3.63, 3.8) is 0 Å². The first kappa shape index (κ1) is 16.3. The van der Waals surface area contributed by atoms with E-state index < -0.39 is 0 Å². The van der Waals surface area contributed by atoms with Crippen LogP contribution in [0.4, 0.5) is 11.4 Å². The van der Waals surface area contributed by atoms with Gasteiger partial charge in [-0.25, -0.2) is 0 Å². The minimum atomic E-state index is -0.331. The summed E-state index contributed by atoms with van der Waals surface area (Å²) in [5.74, 6) is -0.0289. The van der Waals surface area contributed by atoms with Crippen molar-refractivity contribution in [3.8, 4) is 0 Å². The molecule has 0 fully saturated rings. The lowest BCUT2D eigenvalue weighted by atomic mass is 10.1. The van der Waals surface area contributed by atoms with Gasteiger partial charge in [-0.05, 0) is 68.3 Å². The summed E-state index contributed by atoms with van der Waals surface area (Å²) in [7, 11) is 0. The van der Waals surface area contributed by atoms with Crippen molar-refractivity contribution in [2.75, 3.05) is 10.2 Å². The molecule has 3 aromatic rings. The molecule has 0 spiro atoms. The number of benzene rings is 2. The fourth-order valence-corrected chi connectivity index (χ4v) is 3.51. The van der Waals surface area contributed by atoms with Gasteiger partial charge in [-0.1, -0.05) is 23.8 Å². The fraction of sp³-hybridized carbons (Fsp3) is 0.182. The van der Waals surface area contributed by atoms with E-state index in [1.165, 1.54) is 11.1 Å². The molecule has 0 radical (unpaired) electrons. The van der Waals surface area contributed by atoms with E-state index in [2.05, 4.69) is 42.3 Å². The summed E-state index contributed by atoms with van der Waals surface area (Å²) in [5, 5.41) is 3.51. The van der Waals surface area contributed by atoms with Crippen molar-refractivity contribution in [1.82, 2.24) is 4.98 Å². The first-order chi connectivity index (χ1) is 12.5. The molecule has 0 unspecified atom stereocenters. The molecule has 1 N–H and O–H groups in total. The van der Waals surface area contributed by atoms with Gasteiger partial charge in [0, 0.05) is 17.6 Å². The zero-order valence-electron chi connectivity index (χ0n) is 15.2. The lowest BCUT2D eigenvalue weighted by Crippen LogP contribution is -2.32. The van der Waals surface area contributed by atoms with Crippen LogP contribution < -0.4 is 10.2 Å². The van der Waals surface area contributed by atoms with Crippen LogP contribution in [0.25, 0.3) is 0 Å². The minimum Gasteiger partial charge on any atom is -0.360 e. The number of aryl methyl sites for hydroxylation is 3. The van der Waals surface area contributed by atoms with Gasteiger partial charge >= 0.3 is 0 Å². The largest absolute Gasteiger partial charge is 0.360 e. The van der Waals surface area contributed by atoms with Gasteiger partial charge < -0.3 is 5.32 Å². The normalized spacial score (nSPS) is 15.9. The van der Waals surface area contributed by atoms with Gasteiger partial charge in [0.05, 0.1) is 11.3 Å². The van der Waals surface area contributed by atoms with E-state index in [0.717, 1.165) is 22.6 Å². The first-order valence-electron chi connectivity index (χ1n) is 8.73. The van der Waals surface area contributed by atoms with E-state index in [1.807, 2.05) is 43.3 Å². The topological polar surface area (TPSA) is 45.2 Å². The second kappa shape index (κ2) is 6.30. The van der Waals surface area contributed by atoms with Crippen LogP contribution in [-0.2, 0) is 0 Å². The molecule has 4 rings (SSSR count). The summed E-state index contributed by atoms with van der Waals surface area (Å²) < 4.78 is 0. The number of fused-ring (bicyclic) bond motifs is 1. The molecule has 1 amide bonds. The first-order valence-corrected chi connectivity index (χ1v) is 8.73. The number of nitrogens with zero attached hydrogens (tertiary/aromatic N) is 2. The molecule has 4 nitrogen and oxygen atoms in total. The predicted molar refractivity (Wildman–Crippen MR) is 105 cm³/mol. The number of aromatic nitrogens is 1. The maximum atomic E-state index is 13.1. The van der Waals surface area contributed by atoms with Crippen LogP contribution in [-0.4, -0.2) is 10.9 Å². The smallest absolute Gasteiger partial charge is 0.262 e. The molecule has 2 heterocycles. The number of nitrogens with one attached hydrogen (secondary N) is 1. The Balaban J connectivity index is 1.79. The molecular formula is C22H21N3O. The Hall–Kier alpha value is -3.14. The maximum Gasteiger partial charge on any atom is 0.262 e. The Bertz CT molecular complexity index is 959. The monoisotopic (exact) mass is 343 g/mol. The van der Waals surface area contributed by atoms with Crippen molar-refractivity contribution in [2.24, 2.45) is 0 Å². The number of pyridine rings is 1. The lowest BCUT2D eigenvalue weighted by molar-refractivity contribution is 0.0993. The average Bonchev–Trinajstić information content (AvgIpc) is 2.88. The molecule has 1 aromatic heterocycles. The Morgan fingerprint density at radius 2 is 1.62 bits per heavy atom. The van der Waals surface area contributed by atoms with Gasteiger partial charge in [0.15, 0.2) is 6.17 Å². The van der Waals surface area contributed by atoms with Gasteiger partial charge in [-0.15, -0.1) is 0 Å². The summed E-state index contributed by atoms with van der Waals surface area (Å²) in [6.07, 6.45) is 1.41. The highest BCUT2D eigenvalue weighted by Crippen LogP contribution is 2.37. The zero-order valence-corrected chi connectivity index (χ0v) is 15.2. The summed E-state index contributed by atoms with van der Waals surface area (Å²) in [6, 6.07) is 18.0. The van der Waals surface area contributed by atoms with Crippen LogP contribution in [0, 0.1) is 20.8 Å². The number of anilines is 2. The summed E-state index contributed by atoms with van der Waals surface area (Å²) in [5.41, 5.74) is 6.78. The molecule has 0 bridgehead atoms. The number of carbonyl (C=O) groups excluding carboxylic acids is 1. The SMILES string of the molecule is Cc1ccc(N2C(=O)c3cccnc3[C@@H]2Nc2cc(C)cc(C)c2)cc1. The number of hydrogen-bond donors (Lipinski definition) is 1. The quantitative estimate of drug-likeness (QED) is 0.744. The Kier molecular flexibility index (Phi) is 3.96. The maximum absolute atomic E-state index is 13.1. The molecular weight excluding hydrogens is 322 g/mol. The highest BCUT2D eigenvalue weighted by Gasteiger charge is 2.38. The Morgan fingerprint density at radius 1 is 0.923 bits per heavy atom. The lowest BCUT2D eigenvalue weighted by Gasteiger charge is -2.27. The van der Waals surface area contributed by atoms with Crippen LogP contribution in [0.2, 0.25) is 0 Å².